The molecule has 112 valence electrons. The van der Waals surface area contributed by atoms with Gasteiger partial charge < -0.3 is 15.2 Å². The second kappa shape index (κ2) is 7.21. The first kappa shape index (κ1) is 15.5. The van der Waals surface area contributed by atoms with Gasteiger partial charge in [0, 0.05) is 12.7 Å². The Morgan fingerprint density at radius 1 is 1.52 bits per heavy atom. The Bertz CT molecular complexity index is 577. The van der Waals surface area contributed by atoms with E-state index in [4.69, 9.17) is 9.84 Å². The Balaban J connectivity index is 2.07. The van der Waals surface area contributed by atoms with Gasteiger partial charge in [0.1, 0.15) is 12.4 Å². The molecule has 1 aromatic rings. The largest absolute Gasteiger partial charge is 0.384 e. The predicted octanol–water partition coefficient (Wildman–Crippen LogP) is 1.47. The van der Waals surface area contributed by atoms with Crippen LogP contribution in [0.2, 0.25) is 0 Å². The van der Waals surface area contributed by atoms with Crippen LogP contribution in [-0.4, -0.2) is 36.9 Å². The van der Waals surface area contributed by atoms with Gasteiger partial charge in [-0.15, -0.1) is 0 Å². The van der Waals surface area contributed by atoms with Gasteiger partial charge in [-0.3, -0.25) is 4.79 Å². The minimum absolute atomic E-state index is 0.0218. The van der Waals surface area contributed by atoms with Crippen LogP contribution >= 0.6 is 0 Å². The molecule has 0 aliphatic heterocycles. The first-order valence-corrected chi connectivity index (χ1v) is 6.88. The van der Waals surface area contributed by atoms with Crippen molar-refractivity contribution in [3.63, 3.8) is 0 Å². The molecular formula is C16H18FNO3. The Kier molecular flexibility index (Phi) is 5.32. The molecule has 21 heavy (non-hydrogen) atoms. The van der Waals surface area contributed by atoms with Crippen LogP contribution in [0.25, 0.3) is 0 Å². The molecular weight excluding hydrogens is 273 g/mol. The van der Waals surface area contributed by atoms with Crippen LogP contribution < -0.4 is 5.32 Å². The van der Waals surface area contributed by atoms with Crippen LogP contribution in [0.15, 0.2) is 18.2 Å². The molecule has 1 fully saturated rings. The number of benzene rings is 1. The number of amides is 1. The van der Waals surface area contributed by atoms with E-state index >= 15 is 0 Å². The molecule has 1 aromatic carbocycles. The average molecular weight is 291 g/mol. The van der Waals surface area contributed by atoms with Crippen LogP contribution in [0.5, 0.6) is 0 Å². The summed E-state index contributed by atoms with van der Waals surface area (Å²) in [5.74, 6) is 3.98. The van der Waals surface area contributed by atoms with Gasteiger partial charge in [0.05, 0.1) is 17.7 Å². The van der Waals surface area contributed by atoms with E-state index < -0.39 is 5.82 Å². The summed E-state index contributed by atoms with van der Waals surface area (Å²) in [6.07, 6.45) is 2.82. The Morgan fingerprint density at radius 3 is 3.00 bits per heavy atom. The Labute approximate surface area is 123 Å². The molecule has 1 aliphatic carbocycles. The summed E-state index contributed by atoms with van der Waals surface area (Å²) in [4.78, 5) is 12.1. The molecule has 1 amide bonds. The predicted molar refractivity (Wildman–Crippen MR) is 76.3 cm³/mol. The molecule has 1 aliphatic rings. The minimum Gasteiger partial charge on any atom is -0.384 e. The second-order valence-electron chi connectivity index (χ2n) is 4.94. The van der Waals surface area contributed by atoms with Crippen molar-refractivity contribution in [3.05, 3.63) is 35.1 Å². The van der Waals surface area contributed by atoms with Crippen molar-refractivity contribution in [2.45, 2.75) is 31.4 Å². The van der Waals surface area contributed by atoms with Crippen LogP contribution in [0, 0.1) is 17.7 Å². The minimum atomic E-state index is -0.571. The maximum atomic E-state index is 13.8. The third-order valence-corrected chi connectivity index (χ3v) is 3.61. The maximum Gasteiger partial charge on any atom is 0.251 e. The lowest BCUT2D eigenvalue weighted by Crippen LogP contribution is -2.40. The van der Waals surface area contributed by atoms with E-state index in [0.29, 0.717) is 0 Å². The van der Waals surface area contributed by atoms with Crippen molar-refractivity contribution >= 4 is 5.91 Å². The fourth-order valence-corrected chi connectivity index (χ4v) is 2.52. The fraction of sp³-hybridized carbons (Fsp3) is 0.438. The zero-order chi connectivity index (χ0) is 15.2. The highest BCUT2D eigenvalue weighted by Gasteiger charge is 2.28. The first-order chi connectivity index (χ1) is 10.2. The van der Waals surface area contributed by atoms with Crippen molar-refractivity contribution in [2.75, 3.05) is 13.7 Å². The number of ether oxygens (including phenoxy) is 1. The number of halogens is 1. The fourth-order valence-electron chi connectivity index (χ4n) is 2.52. The Morgan fingerprint density at radius 2 is 2.33 bits per heavy atom. The summed E-state index contributed by atoms with van der Waals surface area (Å²) in [7, 11) is 1.63. The van der Waals surface area contributed by atoms with Crippen molar-refractivity contribution in [1.82, 2.24) is 5.32 Å². The molecule has 0 radical (unpaired) electrons. The highest BCUT2D eigenvalue weighted by atomic mass is 19.1. The number of aliphatic hydroxyl groups is 1. The molecule has 0 aromatic heterocycles. The van der Waals surface area contributed by atoms with Gasteiger partial charge in [-0.2, -0.15) is 0 Å². The van der Waals surface area contributed by atoms with E-state index in [-0.39, 0.29) is 35.8 Å². The summed E-state index contributed by atoms with van der Waals surface area (Å²) in [6, 6.07) is 4.10. The SMILES string of the molecule is COC1CCCC1NC(=O)c1ccc(C#CCO)c(F)c1. The quantitative estimate of drug-likeness (QED) is 0.829. The van der Waals surface area contributed by atoms with Gasteiger partial charge in [0.25, 0.3) is 5.91 Å². The molecule has 0 heterocycles. The summed E-state index contributed by atoms with van der Waals surface area (Å²) in [5, 5.41) is 11.5. The summed E-state index contributed by atoms with van der Waals surface area (Å²) >= 11 is 0. The van der Waals surface area contributed by atoms with E-state index in [1.807, 2.05) is 0 Å². The number of hydrogen-bond donors (Lipinski definition) is 2. The molecule has 4 nitrogen and oxygen atoms in total. The molecule has 2 unspecified atom stereocenters. The van der Waals surface area contributed by atoms with Crippen molar-refractivity contribution in [3.8, 4) is 11.8 Å². The van der Waals surface area contributed by atoms with Gasteiger partial charge >= 0.3 is 0 Å². The van der Waals surface area contributed by atoms with Crippen molar-refractivity contribution < 1.29 is 19.0 Å². The van der Waals surface area contributed by atoms with Crippen molar-refractivity contribution in [2.24, 2.45) is 0 Å². The number of nitrogens with one attached hydrogen (secondary N) is 1. The van der Waals surface area contributed by atoms with Gasteiger partial charge in [0.15, 0.2) is 0 Å². The van der Waals surface area contributed by atoms with E-state index in [1.54, 1.807) is 7.11 Å². The second-order valence-corrected chi connectivity index (χ2v) is 4.94. The van der Waals surface area contributed by atoms with Crippen LogP contribution in [0.1, 0.15) is 35.2 Å². The molecule has 1 saturated carbocycles. The lowest BCUT2D eigenvalue weighted by molar-refractivity contribution is 0.0722. The molecule has 5 heteroatoms. The summed E-state index contributed by atoms with van der Waals surface area (Å²) in [5.41, 5.74) is 0.417. The summed E-state index contributed by atoms with van der Waals surface area (Å²) in [6.45, 7) is -0.332. The highest BCUT2D eigenvalue weighted by Crippen LogP contribution is 2.22. The topological polar surface area (TPSA) is 58.6 Å². The molecule has 2 atom stereocenters. The first-order valence-electron chi connectivity index (χ1n) is 6.88. The zero-order valence-corrected chi connectivity index (χ0v) is 11.9. The number of rotatable bonds is 3. The standard InChI is InChI=1S/C16H18FNO3/c1-21-15-6-2-5-14(15)18-16(20)12-8-7-11(4-3-9-19)13(17)10-12/h7-8,10,14-15,19H,2,5-6,9H2,1H3,(H,18,20). The van der Waals surface area contributed by atoms with Gasteiger partial charge in [0.2, 0.25) is 0 Å². The van der Waals surface area contributed by atoms with E-state index in [1.165, 1.54) is 12.1 Å². The van der Waals surface area contributed by atoms with E-state index in [9.17, 15) is 9.18 Å². The average Bonchev–Trinajstić information content (AvgIpc) is 2.93. The monoisotopic (exact) mass is 291 g/mol. The number of aliphatic hydroxyl groups excluding tert-OH is 1. The third kappa shape index (κ3) is 3.81. The molecule has 0 saturated heterocycles. The number of methoxy groups -OCH3 is 1. The van der Waals surface area contributed by atoms with E-state index in [0.717, 1.165) is 25.3 Å². The highest BCUT2D eigenvalue weighted by molar-refractivity contribution is 5.94. The smallest absolute Gasteiger partial charge is 0.251 e. The number of carbonyl (C=O) groups is 1. The van der Waals surface area contributed by atoms with Crippen LogP contribution in [-0.2, 0) is 4.74 Å². The number of carbonyl (C=O) groups excluding carboxylic acids is 1. The van der Waals surface area contributed by atoms with E-state index in [2.05, 4.69) is 17.2 Å². The van der Waals surface area contributed by atoms with Crippen LogP contribution in [0.3, 0.4) is 0 Å². The van der Waals surface area contributed by atoms with Crippen LogP contribution in [0.4, 0.5) is 4.39 Å². The molecule has 2 rings (SSSR count). The third-order valence-electron chi connectivity index (χ3n) is 3.61. The van der Waals surface area contributed by atoms with Gasteiger partial charge in [-0.1, -0.05) is 11.8 Å². The zero-order valence-electron chi connectivity index (χ0n) is 11.9. The molecule has 2 N–H and O–H groups in total. The maximum absolute atomic E-state index is 13.8. The lowest BCUT2D eigenvalue weighted by atomic mass is 10.1. The van der Waals surface area contributed by atoms with Gasteiger partial charge in [-0.05, 0) is 37.5 Å². The van der Waals surface area contributed by atoms with Crippen molar-refractivity contribution in [1.29, 1.82) is 0 Å². The molecule has 0 spiro atoms. The summed E-state index contributed by atoms with van der Waals surface area (Å²) < 4.78 is 19.1. The Hall–Kier alpha value is -1.90. The molecule has 0 bridgehead atoms. The normalized spacial score (nSPS) is 20.7. The van der Waals surface area contributed by atoms with Gasteiger partial charge in [-0.25, -0.2) is 4.39 Å². The lowest BCUT2D eigenvalue weighted by Gasteiger charge is -2.19. The number of hydrogen-bond acceptors (Lipinski definition) is 3.